The Kier molecular flexibility index (Phi) is 2.60. The summed E-state index contributed by atoms with van der Waals surface area (Å²) in [4.78, 5) is 10.5. The van der Waals surface area contributed by atoms with Crippen LogP contribution in [0, 0.1) is 0 Å². The summed E-state index contributed by atoms with van der Waals surface area (Å²) >= 11 is 0. The lowest BCUT2D eigenvalue weighted by atomic mass is 10.2. The first kappa shape index (κ1) is 9.17. The molecule has 58 valence electrons. The molecule has 0 heterocycles. The van der Waals surface area contributed by atoms with Crippen molar-refractivity contribution in [3.8, 4) is 0 Å². The largest absolute Gasteiger partial charge is 0.477 e. The van der Waals surface area contributed by atoms with Crippen LogP contribution >= 0.6 is 0 Å². The van der Waals surface area contributed by atoms with E-state index in [4.69, 9.17) is 5.11 Å². The predicted octanol–water partition coefficient (Wildman–Crippen LogP) is 0.332. The third-order valence-electron chi connectivity index (χ3n) is 1.31. The van der Waals surface area contributed by atoms with Crippen LogP contribution < -0.4 is 0 Å². The van der Waals surface area contributed by atoms with Crippen LogP contribution in [0.4, 0.5) is 0 Å². The van der Waals surface area contributed by atoms with Crippen LogP contribution in [0.1, 0.15) is 0 Å². The van der Waals surface area contributed by atoms with Crippen LogP contribution in [0.15, 0.2) is 12.7 Å². The zero-order valence-electron chi connectivity index (χ0n) is 6.66. The lowest BCUT2D eigenvalue weighted by Gasteiger charge is -2.28. The van der Waals surface area contributed by atoms with Gasteiger partial charge in [-0.2, -0.15) is 0 Å². The molecule has 0 saturated carbocycles. The van der Waals surface area contributed by atoms with Gasteiger partial charge in [-0.15, -0.1) is 0 Å². The zero-order valence-corrected chi connectivity index (χ0v) is 6.66. The Bertz CT molecular complexity index is 146. The molecule has 0 fully saturated rings. The summed E-state index contributed by atoms with van der Waals surface area (Å²) in [5.74, 6) is -0.831. The lowest BCUT2D eigenvalue weighted by molar-refractivity contribution is -0.880. The molecule has 3 nitrogen and oxygen atoms in total. The SMILES string of the molecule is C=CC(C(=O)O)[N+](C)(C)C. The normalized spacial score (nSPS) is 14.3. The van der Waals surface area contributed by atoms with Crippen LogP contribution in [-0.4, -0.2) is 42.7 Å². The minimum Gasteiger partial charge on any atom is -0.477 e. The second-order valence-corrected chi connectivity index (χ2v) is 3.14. The number of aliphatic carboxylic acids is 1. The average molecular weight is 144 g/mol. The topological polar surface area (TPSA) is 37.3 Å². The van der Waals surface area contributed by atoms with E-state index in [2.05, 4.69) is 6.58 Å². The molecule has 0 bridgehead atoms. The number of carboxylic acids is 1. The fraction of sp³-hybridized carbons (Fsp3) is 0.571. The van der Waals surface area contributed by atoms with Gasteiger partial charge >= 0.3 is 5.97 Å². The van der Waals surface area contributed by atoms with Crippen molar-refractivity contribution < 1.29 is 14.4 Å². The molecule has 0 spiro atoms. The molecule has 3 heteroatoms. The molecule has 0 aliphatic rings. The van der Waals surface area contributed by atoms with Gasteiger partial charge in [0.1, 0.15) is 0 Å². The van der Waals surface area contributed by atoms with Gasteiger partial charge in [-0.3, -0.25) is 0 Å². The van der Waals surface area contributed by atoms with E-state index in [0.29, 0.717) is 4.48 Å². The molecule has 0 aliphatic carbocycles. The third-order valence-corrected chi connectivity index (χ3v) is 1.31. The summed E-state index contributed by atoms with van der Waals surface area (Å²) in [5, 5.41) is 8.62. The molecule has 0 amide bonds. The second kappa shape index (κ2) is 2.84. The maximum absolute atomic E-state index is 10.5. The summed E-state index contributed by atoms with van der Waals surface area (Å²) in [6.07, 6.45) is 1.45. The van der Waals surface area contributed by atoms with Gasteiger partial charge in [-0.1, -0.05) is 6.58 Å². The van der Waals surface area contributed by atoms with Gasteiger partial charge in [0, 0.05) is 0 Å². The van der Waals surface area contributed by atoms with Crippen LogP contribution in [0.2, 0.25) is 0 Å². The van der Waals surface area contributed by atoms with Gasteiger partial charge in [0.05, 0.1) is 21.1 Å². The number of carbonyl (C=O) groups is 1. The Morgan fingerprint density at radius 2 is 2.00 bits per heavy atom. The van der Waals surface area contributed by atoms with Crippen molar-refractivity contribution in [1.29, 1.82) is 0 Å². The Hall–Kier alpha value is -0.830. The van der Waals surface area contributed by atoms with Crippen LogP contribution in [-0.2, 0) is 4.79 Å². The van der Waals surface area contributed by atoms with Gasteiger partial charge in [-0.05, 0) is 6.08 Å². The third kappa shape index (κ3) is 2.19. The summed E-state index contributed by atoms with van der Waals surface area (Å²) in [6.45, 7) is 3.45. The Morgan fingerprint density at radius 3 is 2.00 bits per heavy atom. The minimum atomic E-state index is -0.831. The van der Waals surface area contributed by atoms with Crippen molar-refractivity contribution in [3.63, 3.8) is 0 Å². The Labute approximate surface area is 61.2 Å². The number of quaternary nitrogens is 1. The Morgan fingerprint density at radius 1 is 1.60 bits per heavy atom. The molecule has 1 N–H and O–H groups in total. The lowest BCUT2D eigenvalue weighted by Crippen LogP contribution is -2.48. The van der Waals surface area contributed by atoms with E-state index < -0.39 is 12.0 Å². The van der Waals surface area contributed by atoms with Crippen LogP contribution in [0.3, 0.4) is 0 Å². The highest BCUT2D eigenvalue weighted by Crippen LogP contribution is 2.03. The number of likely N-dealkylation sites (N-methyl/N-ethyl adjacent to an activating group) is 1. The molecule has 0 aromatic heterocycles. The molecular formula is C7H14NO2+. The van der Waals surface area contributed by atoms with Crippen LogP contribution in [0.25, 0.3) is 0 Å². The van der Waals surface area contributed by atoms with Gasteiger partial charge in [0.2, 0.25) is 6.04 Å². The molecule has 1 atom stereocenters. The van der Waals surface area contributed by atoms with E-state index in [-0.39, 0.29) is 0 Å². The highest BCUT2D eigenvalue weighted by molar-refractivity contribution is 5.74. The fourth-order valence-corrected chi connectivity index (χ4v) is 0.748. The number of rotatable bonds is 3. The first-order chi connectivity index (χ1) is 4.39. The van der Waals surface area contributed by atoms with E-state index in [1.165, 1.54) is 6.08 Å². The van der Waals surface area contributed by atoms with Gasteiger partial charge in [0.15, 0.2) is 0 Å². The molecule has 0 rings (SSSR count). The maximum Gasteiger partial charge on any atom is 0.366 e. The predicted molar refractivity (Wildman–Crippen MR) is 39.7 cm³/mol. The highest BCUT2D eigenvalue weighted by atomic mass is 16.4. The molecule has 0 aromatic carbocycles. The molecule has 0 radical (unpaired) electrons. The standard InChI is InChI=1S/C7H13NO2/c1-5-6(7(9)10)8(2,3)4/h5-6H,1H2,2-4H3/p+1. The van der Waals surface area contributed by atoms with Gasteiger partial charge < -0.3 is 9.59 Å². The molecule has 10 heavy (non-hydrogen) atoms. The van der Waals surface area contributed by atoms with E-state index in [1.807, 2.05) is 21.1 Å². The molecule has 0 saturated heterocycles. The summed E-state index contributed by atoms with van der Waals surface area (Å²) in [6, 6.07) is -0.514. The monoisotopic (exact) mass is 144 g/mol. The Balaban J connectivity index is 4.36. The first-order valence-electron chi connectivity index (χ1n) is 3.06. The van der Waals surface area contributed by atoms with E-state index in [9.17, 15) is 4.79 Å². The van der Waals surface area contributed by atoms with Gasteiger partial charge in [-0.25, -0.2) is 4.79 Å². The average Bonchev–Trinajstić information content (AvgIpc) is 1.60. The number of nitrogens with zero attached hydrogens (tertiary/aromatic N) is 1. The van der Waals surface area contributed by atoms with Gasteiger partial charge in [0.25, 0.3) is 0 Å². The highest BCUT2D eigenvalue weighted by Gasteiger charge is 2.27. The van der Waals surface area contributed by atoms with Crippen molar-refractivity contribution in [1.82, 2.24) is 0 Å². The molecule has 1 unspecified atom stereocenters. The quantitative estimate of drug-likeness (QED) is 0.458. The summed E-state index contributed by atoms with van der Waals surface area (Å²) in [5.41, 5.74) is 0. The summed E-state index contributed by atoms with van der Waals surface area (Å²) in [7, 11) is 5.46. The van der Waals surface area contributed by atoms with Crippen molar-refractivity contribution in [2.45, 2.75) is 6.04 Å². The van der Waals surface area contributed by atoms with E-state index in [0.717, 1.165) is 0 Å². The first-order valence-corrected chi connectivity index (χ1v) is 3.06. The van der Waals surface area contributed by atoms with E-state index in [1.54, 1.807) is 0 Å². The van der Waals surface area contributed by atoms with Crippen molar-refractivity contribution in [3.05, 3.63) is 12.7 Å². The fourth-order valence-electron chi connectivity index (χ4n) is 0.748. The number of carboxylic acid groups (broad SMARTS) is 1. The number of hydrogen-bond acceptors (Lipinski definition) is 1. The van der Waals surface area contributed by atoms with Crippen molar-refractivity contribution in [2.24, 2.45) is 0 Å². The van der Waals surface area contributed by atoms with Crippen molar-refractivity contribution >= 4 is 5.97 Å². The minimum absolute atomic E-state index is 0.374. The second-order valence-electron chi connectivity index (χ2n) is 3.14. The molecular weight excluding hydrogens is 130 g/mol. The molecule has 0 aliphatic heterocycles. The maximum atomic E-state index is 10.5. The number of hydrogen-bond donors (Lipinski definition) is 1. The van der Waals surface area contributed by atoms with Crippen molar-refractivity contribution in [2.75, 3.05) is 21.1 Å². The molecule has 0 aromatic rings. The smallest absolute Gasteiger partial charge is 0.366 e. The van der Waals surface area contributed by atoms with E-state index >= 15 is 0 Å². The zero-order chi connectivity index (χ0) is 8.36. The summed E-state index contributed by atoms with van der Waals surface area (Å²) < 4.78 is 0.374. The van der Waals surface area contributed by atoms with Crippen LogP contribution in [0.5, 0.6) is 0 Å².